The first-order valence-electron chi connectivity index (χ1n) is 5.31. The number of nitrogens with one attached hydrogen (secondary N) is 1. The van der Waals surface area contributed by atoms with Gasteiger partial charge in [0.05, 0.1) is 5.02 Å². The molecule has 86 valence electrons. The van der Waals surface area contributed by atoms with E-state index >= 15 is 0 Å². The van der Waals surface area contributed by atoms with E-state index in [1.165, 1.54) is 6.07 Å². The summed E-state index contributed by atoms with van der Waals surface area (Å²) in [6.07, 6.45) is 6.71. The first-order chi connectivity index (χ1) is 7.70. The average molecular weight is 240 g/mol. The number of halogens is 2. The average Bonchev–Trinajstić information content (AvgIpc) is 2.28. The van der Waals surface area contributed by atoms with Crippen LogP contribution in [0, 0.1) is 18.2 Å². The second-order valence-corrected chi connectivity index (χ2v) is 3.97. The minimum Gasteiger partial charge on any atom is -0.309 e. The van der Waals surface area contributed by atoms with E-state index in [0.29, 0.717) is 12.0 Å². The summed E-state index contributed by atoms with van der Waals surface area (Å²) in [5.41, 5.74) is 0.541. The monoisotopic (exact) mass is 239 g/mol. The molecule has 1 N–H and O–H groups in total. The zero-order valence-electron chi connectivity index (χ0n) is 9.26. The summed E-state index contributed by atoms with van der Waals surface area (Å²) in [5.74, 6) is 2.17. The van der Waals surface area contributed by atoms with E-state index in [0.717, 1.165) is 13.0 Å². The fourth-order valence-corrected chi connectivity index (χ4v) is 1.70. The number of hydrogen-bond acceptors (Lipinski definition) is 1. The number of terminal acetylenes is 1. The summed E-state index contributed by atoms with van der Waals surface area (Å²) >= 11 is 5.74. The lowest BCUT2D eigenvalue weighted by atomic mass is 10.0. The molecule has 0 spiro atoms. The zero-order chi connectivity index (χ0) is 12.0. The van der Waals surface area contributed by atoms with Crippen molar-refractivity contribution in [2.24, 2.45) is 0 Å². The van der Waals surface area contributed by atoms with Gasteiger partial charge >= 0.3 is 0 Å². The van der Waals surface area contributed by atoms with Gasteiger partial charge in [-0.15, -0.1) is 12.3 Å². The van der Waals surface area contributed by atoms with Crippen molar-refractivity contribution in [1.82, 2.24) is 5.32 Å². The normalized spacial score (nSPS) is 12.1. The zero-order valence-corrected chi connectivity index (χ0v) is 10.0. The first kappa shape index (κ1) is 13.0. The lowest BCUT2D eigenvalue weighted by molar-refractivity contribution is 0.507. The maximum absolute atomic E-state index is 13.8. The first-order valence-corrected chi connectivity index (χ1v) is 5.69. The van der Waals surface area contributed by atoms with Gasteiger partial charge in [-0.25, -0.2) is 4.39 Å². The minimum absolute atomic E-state index is 0.137. The Hall–Kier alpha value is -1.04. The molecule has 0 aliphatic heterocycles. The van der Waals surface area contributed by atoms with E-state index in [9.17, 15) is 4.39 Å². The van der Waals surface area contributed by atoms with Crippen LogP contribution >= 0.6 is 11.6 Å². The van der Waals surface area contributed by atoms with Gasteiger partial charge in [0.2, 0.25) is 0 Å². The predicted octanol–water partition coefficient (Wildman–Crippen LogP) is 3.54. The van der Waals surface area contributed by atoms with Crippen molar-refractivity contribution in [1.29, 1.82) is 0 Å². The fraction of sp³-hybridized carbons (Fsp3) is 0.385. The molecule has 0 bridgehead atoms. The standard InChI is InChI=1S/C13H15ClFN/c1-3-6-12(16-9-4-2)10-7-5-8-11(14)13(10)15/h1,5,7-8,12,16H,4,6,9H2,2H3. The van der Waals surface area contributed by atoms with Crippen LogP contribution in [0.25, 0.3) is 0 Å². The van der Waals surface area contributed by atoms with Crippen LogP contribution in [0.3, 0.4) is 0 Å². The molecule has 16 heavy (non-hydrogen) atoms. The summed E-state index contributed by atoms with van der Waals surface area (Å²) in [7, 11) is 0. The third-order valence-corrected chi connectivity index (χ3v) is 2.61. The molecule has 1 unspecified atom stereocenters. The Labute approximate surface area is 101 Å². The smallest absolute Gasteiger partial charge is 0.146 e. The van der Waals surface area contributed by atoms with Gasteiger partial charge in [0.15, 0.2) is 0 Å². The third-order valence-electron chi connectivity index (χ3n) is 2.32. The molecule has 1 atom stereocenters. The van der Waals surface area contributed by atoms with Crippen molar-refractivity contribution >= 4 is 11.6 Å². The van der Waals surface area contributed by atoms with Gasteiger partial charge in [0, 0.05) is 18.0 Å². The summed E-state index contributed by atoms with van der Waals surface area (Å²) in [6.45, 7) is 2.85. The molecule has 0 saturated heterocycles. The summed E-state index contributed by atoms with van der Waals surface area (Å²) in [5, 5.41) is 3.35. The van der Waals surface area contributed by atoms with Crippen LogP contribution in [0.2, 0.25) is 5.02 Å². The van der Waals surface area contributed by atoms with Crippen molar-refractivity contribution in [3.8, 4) is 12.3 Å². The highest BCUT2D eigenvalue weighted by Gasteiger charge is 2.15. The van der Waals surface area contributed by atoms with Gasteiger partial charge in [0.25, 0.3) is 0 Å². The molecule has 1 aromatic rings. The van der Waals surface area contributed by atoms with Gasteiger partial charge in [-0.3, -0.25) is 0 Å². The highest BCUT2D eigenvalue weighted by Crippen LogP contribution is 2.25. The molecule has 0 amide bonds. The van der Waals surface area contributed by atoms with Gasteiger partial charge < -0.3 is 5.32 Å². The molecule has 0 heterocycles. The van der Waals surface area contributed by atoms with Crippen LogP contribution < -0.4 is 5.32 Å². The Kier molecular flexibility index (Phi) is 5.31. The van der Waals surface area contributed by atoms with Gasteiger partial charge in [-0.2, -0.15) is 0 Å². The molecular formula is C13H15ClFN. The summed E-state index contributed by atoms with van der Waals surface area (Å²) in [6, 6.07) is 4.82. The molecule has 1 rings (SSSR count). The Balaban J connectivity index is 2.92. The number of rotatable bonds is 5. The van der Waals surface area contributed by atoms with E-state index in [-0.39, 0.29) is 16.9 Å². The molecule has 0 aromatic heterocycles. The van der Waals surface area contributed by atoms with E-state index in [1.807, 2.05) is 6.92 Å². The van der Waals surface area contributed by atoms with E-state index in [1.54, 1.807) is 12.1 Å². The van der Waals surface area contributed by atoms with Crippen LogP contribution in [-0.2, 0) is 0 Å². The molecule has 0 saturated carbocycles. The lowest BCUT2D eigenvalue weighted by Crippen LogP contribution is -2.22. The van der Waals surface area contributed by atoms with Crippen LogP contribution in [0.4, 0.5) is 4.39 Å². The van der Waals surface area contributed by atoms with Crippen LogP contribution in [0.5, 0.6) is 0 Å². The Morgan fingerprint density at radius 2 is 2.31 bits per heavy atom. The highest BCUT2D eigenvalue weighted by molar-refractivity contribution is 6.30. The van der Waals surface area contributed by atoms with Crippen molar-refractivity contribution in [3.63, 3.8) is 0 Å². The third kappa shape index (κ3) is 3.23. The van der Waals surface area contributed by atoms with Crippen LogP contribution in [0.1, 0.15) is 31.4 Å². The van der Waals surface area contributed by atoms with Crippen LogP contribution in [0.15, 0.2) is 18.2 Å². The molecule has 0 radical (unpaired) electrons. The molecule has 3 heteroatoms. The van der Waals surface area contributed by atoms with Crippen molar-refractivity contribution in [2.45, 2.75) is 25.8 Å². The SMILES string of the molecule is C#CCC(NCCC)c1cccc(Cl)c1F. The second-order valence-electron chi connectivity index (χ2n) is 3.56. The maximum atomic E-state index is 13.8. The molecule has 0 aliphatic rings. The van der Waals surface area contributed by atoms with E-state index < -0.39 is 0 Å². The summed E-state index contributed by atoms with van der Waals surface area (Å²) < 4.78 is 13.8. The van der Waals surface area contributed by atoms with E-state index in [4.69, 9.17) is 18.0 Å². The summed E-state index contributed by atoms with van der Waals surface area (Å²) in [4.78, 5) is 0. The molecular weight excluding hydrogens is 225 g/mol. The molecule has 1 nitrogen and oxygen atoms in total. The topological polar surface area (TPSA) is 12.0 Å². The maximum Gasteiger partial charge on any atom is 0.146 e. The molecule has 0 fully saturated rings. The van der Waals surface area contributed by atoms with Crippen molar-refractivity contribution in [3.05, 3.63) is 34.6 Å². The molecule has 1 aromatic carbocycles. The van der Waals surface area contributed by atoms with Gasteiger partial charge in [0.1, 0.15) is 5.82 Å². The minimum atomic E-state index is -0.381. The van der Waals surface area contributed by atoms with Gasteiger partial charge in [-0.05, 0) is 19.0 Å². The van der Waals surface area contributed by atoms with E-state index in [2.05, 4.69) is 11.2 Å². The quantitative estimate of drug-likeness (QED) is 0.775. The molecule has 0 aliphatic carbocycles. The van der Waals surface area contributed by atoms with Crippen LogP contribution in [-0.4, -0.2) is 6.54 Å². The van der Waals surface area contributed by atoms with Crippen molar-refractivity contribution in [2.75, 3.05) is 6.54 Å². The number of hydrogen-bond donors (Lipinski definition) is 1. The highest BCUT2D eigenvalue weighted by atomic mass is 35.5. The lowest BCUT2D eigenvalue weighted by Gasteiger charge is -2.17. The second kappa shape index (κ2) is 6.52. The Bertz CT molecular complexity index is 384. The largest absolute Gasteiger partial charge is 0.309 e. The Morgan fingerprint density at radius 3 is 2.94 bits per heavy atom. The van der Waals surface area contributed by atoms with Gasteiger partial charge in [-0.1, -0.05) is 30.7 Å². The Morgan fingerprint density at radius 1 is 1.56 bits per heavy atom. The van der Waals surface area contributed by atoms with Crippen molar-refractivity contribution < 1.29 is 4.39 Å². The number of benzene rings is 1. The predicted molar refractivity (Wildman–Crippen MR) is 65.9 cm³/mol. The fourth-order valence-electron chi connectivity index (χ4n) is 1.52.